The van der Waals surface area contributed by atoms with Crippen LogP contribution in [0.2, 0.25) is 0 Å². The Kier molecular flexibility index (Phi) is 9.49. The normalized spacial score (nSPS) is 13.2. The van der Waals surface area contributed by atoms with Gasteiger partial charge in [0, 0.05) is 12.8 Å². The average molecular weight is 428 g/mol. The molecule has 31 heavy (non-hydrogen) atoms. The fourth-order valence-corrected chi connectivity index (χ4v) is 2.84. The van der Waals surface area contributed by atoms with Gasteiger partial charge in [-0.2, -0.15) is 0 Å². The van der Waals surface area contributed by atoms with E-state index in [1.165, 1.54) is 0 Å². The predicted molar refractivity (Wildman–Crippen MR) is 120 cm³/mol. The van der Waals surface area contributed by atoms with Gasteiger partial charge in [0.1, 0.15) is 11.6 Å². The summed E-state index contributed by atoms with van der Waals surface area (Å²) < 4.78 is 10.9. The van der Waals surface area contributed by atoms with E-state index in [0.717, 1.165) is 11.1 Å². The maximum absolute atomic E-state index is 12.8. The molecule has 0 saturated heterocycles. The van der Waals surface area contributed by atoms with Gasteiger partial charge in [0.2, 0.25) is 5.91 Å². The van der Waals surface area contributed by atoms with Gasteiger partial charge in [-0.3, -0.25) is 4.79 Å². The third-order valence-corrected chi connectivity index (χ3v) is 4.30. The van der Waals surface area contributed by atoms with Crippen molar-refractivity contribution in [3.8, 4) is 0 Å². The average Bonchev–Trinajstić information content (AvgIpc) is 2.71. The molecule has 2 aromatic rings. The van der Waals surface area contributed by atoms with Crippen LogP contribution in [0.5, 0.6) is 0 Å². The molecule has 0 saturated carbocycles. The van der Waals surface area contributed by atoms with Crippen LogP contribution >= 0.6 is 0 Å². The zero-order chi connectivity index (χ0) is 22.7. The van der Waals surface area contributed by atoms with E-state index in [9.17, 15) is 9.59 Å². The molecule has 2 amide bonds. The smallest absolute Gasteiger partial charge is 0.408 e. The van der Waals surface area contributed by atoms with Gasteiger partial charge in [-0.25, -0.2) is 4.79 Å². The molecule has 2 rings (SSSR count). The fourth-order valence-electron chi connectivity index (χ4n) is 2.84. The number of alkyl carbamates (subject to hydrolysis) is 1. The molecule has 7 heteroatoms. The first-order chi connectivity index (χ1) is 14.7. The summed E-state index contributed by atoms with van der Waals surface area (Å²) in [6, 6.07) is 18.5. The number of hydrogen-bond acceptors (Lipinski definition) is 5. The number of hydrogen-bond donors (Lipinski definition) is 3. The van der Waals surface area contributed by atoms with Crippen LogP contribution < -0.4 is 16.4 Å². The quantitative estimate of drug-likeness (QED) is 0.399. The van der Waals surface area contributed by atoms with Crippen LogP contribution in [0.4, 0.5) is 4.79 Å². The standard InChI is InChI=1S/C24H33N3O4/c1-24(2,3)31-23(29)26-20(16-18-10-6-4-7-11-18)22(28)27-21(25)14-15-30-17-19-12-8-5-9-13-19/h4-13,20-21H,14-17,25H2,1-3H3,(H,26,29)(H,27,28)/t20-,21-/m0/s1. The lowest BCUT2D eigenvalue weighted by atomic mass is 10.1. The third-order valence-electron chi connectivity index (χ3n) is 4.30. The Balaban J connectivity index is 1.87. The van der Waals surface area contributed by atoms with Gasteiger partial charge in [0.25, 0.3) is 0 Å². The number of ether oxygens (including phenoxy) is 2. The van der Waals surface area contributed by atoms with Gasteiger partial charge < -0.3 is 25.8 Å². The van der Waals surface area contributed by atoms with Crippen molar-refractivity contribution >= 4 is 12.0 Å². The number of carbonyl (C=O) groups excluding carboxylic acids is 2. The Morgan fingerprint density at radius 3 is 2.10 bits per heavy atom. The summed E-state index contributed by atoms with van der Waals surface area (Å²) in [4.78, 5) is 25.0. The first-order valence-corrected chi connectivity index (χ1v) is 10.4. The first kappa shape index (κ1) is 24.4. The maximum atomic E-state index is 12.8. The Bertz CT molecular complexity index is 807. The molecule has 0 aromatic heterocycles. The highest BCUT2D eigenvalue weighted by atomic mass is 16.6. The molecular weight excluding hydrogens is 394 g/mol. The molecule has 0 aliphatic rings. The highest BCUT2D eigenvalue weighted by Gasteiger charge is 2.25. The van der Waals surface area contributed by atoms with Crippen LogP contribution in [0.1, 0.15) is 38.3 Å². The highest BCUT2D eigenvalue weighted by molar-refractivity contribution is 5.86. The molecule has 0 aliphatic heterocycles. The second kappa shape index (κ2) is 12.1. The fraction of sp³-hybridized carbons (Fsp3) is 0.417. The lowest BCUT2D eigenvalue weighted by Crippen LogP contribution is -2.53. The van der Waals surface area contributed by atoms with Gasteiger partial charge in [-0.1, -0.05) is 60.7 Å². The third kappa shape index (κ3) is 10.1. The van der Waals surface area contributed by atoms with Crippen LogP contribution in [0.15, 0.2) is 60.7 Å². The molecule has 7 nitrogen and oxygen atoms in total. The van der Waals surface area contributed by atoms with Gasteiger partial charge in [-0.05, 0) is 31.9 Å². The second-order valence-corrected chi connectivity index (χ2v) is 8.33. The summed E-state index contributed by atoms with van der Waals surface area (Å²) in [6.07, 6.45) is -0.475. The predicted octanol–water partition coefficient (Wildman–Crippen LogP) is 3.13. The Hall–Kier alpha value is -2.90. The van der Waals surface area contributed by atoms with E-state index in [2.05, 4.69) is 10.6 Å². The molecule has 4 N–H and O–H groups in total. The zero-order valence-electron chi connectivity index (χ0n) is 18.5. The Labute approximate surface area is 184 Å². The van der Waals surface area contributed by atoms with Crippen molar-refractivity contribution in [2.45, 2.75) is 58.0 Å². The van der Waals surface area contributed by atoms with Crippen LogP contribution in [0, 0.1) is 0 Å². The summed E-state index contributed by atoms with van der Waals surface area (Å²) in [5.74, 6) is -0.370. The van der Waals surface area contributed by atoms with Crippen LogP contribution in [0.25, 0.3) is 0 Å². The molecule has 168 valence electrons. The zero-order valence-corrected chi connectivity index (χ0v) is 18.5. The minimum Gasteiger partial charge on any atom is -0.444 e. The Morgan fingerprint density at radius 2 is 1.52 bits per heavy atom. The van der Waals surface area contributed by atoms with E-state index < -0.39 is 23.9 Å². The highest BCUT2D eigenvalue weighted by Crippen LogP contribution is 2.09. The lowest BCUT2D eigenvalue weighted by molar-refractivity contribution is -0.124. The van der Waals surface area contributed by atoms with Crippen LogP contribution in [0.3, 0.4) is 0 Å². The summed E-state index contributed by atoms with van der Waals surface area (Å²) in [5.41, 5.74) is 7.39. The van der Waals surface area contributed by atoms with E-state index >= 15 is 0 Å². The molecule has 0 bridgehead atoms. The molecule has 2 aromatic carbocycles. The van der Waals surface area contributed by atoms with Crippen molar-refractivity contribution in [2.75, 3.05) is 6.61 Å². The monoisotopic (exact) mass is 427 g/mol. The van der Waals surface area contributed by atoms with Crippen molar-refractivity contribution in [2.24, 2.45) is 5.73 Å². The minimum absolute atomic E-state index is 0.323. The Morgan fingerprint density at radius 1 is 0.935 bits per heavy atom. The van der Waals surface area contributed by atoms with Gasteiger partial charge >= 0.3 is 6.09 Å². The lowest BCUT2D eigenvalue weighted by Gasteiger charge is -2.24. The molecule has 0 fully saturated rings. The second-order valence-electron chi connectivity index (χ2n) is 8.33. The van der Waals surface area contributed by atoms with E-state index in [0.29, 0.717) is 26.1 Å². The summed E-state index contributed by atoms with van der Waals surface area (Å²) >= 11 is 0. The maximum Gasteiger partial charge on any atom is 0.408 e. The number of benzene rings is 2. The number of nitrogens with two attached hydrogens (primary N) is 1. The van der Waals surface area contributed by atoms with Gasteiger partial charge in [0.05, 0.1) is 19.4 Å². The minimum atomic E-state index is -0.812. The van der Waals surface area contributed by atoms with Crippen molar-refractivity contribution in [1.29, 1.82) is 0 Å². The number of carbonyl (C=O) groups is 2. The van der Waals surface area contributed by atoms with Crippen LogP contribution in [-0.2, 0) is 27.3 Å². The van der Waals surface area contributed by atoms with E-state index in [-0.39, 0.29) is 5.91 Å². The molecule has 0 unspecified atom stereocenters. The summed E-state index contributed by atoms with van der Waals surface area (Å²) in [7, 11) is 0. The topological polar surface area (TPSA) is 103 Å². The number of rotatable bonds is 10. The summed E-state index contributed by atoms with van der Waals surface area (Å²) in [5, 5.41) is 5.41. The molecule has 0 heterocycles. The van der Waals surface area contributed by atoms with E-state index in [1.807, 2.05) is 60.7 Å². The molecule has 0 radical (unpaired) electrons. The molecule has 0 aliphatic carbocycles. The van der Waals surface area contributed by atoms with Crippen LogP contribution in [-0.4, -0.2) is 36.4 Å². The van der Waals surface area contributed by atoms with Gasteiger partial charge in [-0.15, -0.1) is 0 Å². The van der Waals surface area contributed by atoms with Crippen molar-refractivity contribution < 1.29 is 19.1 Å². The largest absolute Gasteiger partial charge is 0.444 e. The van der Waals surface area contributed by atoms with E-state index in [4.69, 9.17) is 15.2 Å². The first-order valence-electron chi connectivity index (χ1n) is 10.4. The van der Waals surface area contributed by atoms with Crippen molar-refractivity contribution in [3.63, 3.8) is 0 Å². The summed E-state index contributed by atoms with van der Waals surface area (Å²) in [6.45, 7) is 6.19. The van der Waals surface area contributed by atoms with E-state index in [1.54, 1.807) is 20.8 Å². The molecule has 2 atom stereocenters. The van der Waals surface area contributed by atoms with Crippen molar-refractivity contribution in [3.05, 3.63) is 71.8 Å². The number of amides is 2. The molecule has 0 spiro atoms. The SMILES string of the molecule is CC(C)(C)OC(=O)N[C@@H](Cc1ccccc1)C(=O)N[C@H](N)CCOCc1ccccc1. The van der Waals surface area contributed by atoms with Gasteiger partial charge in [0.15, 0.2) is 0 Å². The van der Waals surface area contributed by atoms with Crippen molar-refractivity contribution in [1.82, 2.24) is 10.6 Å². The number of nitrogens with one attached hydrogen (secondary N) is 2. The molecular formula is C24H33N3O4.